The van der Waals surface area contributed by atoms with Crippen molar-refractivity contribution in [3.63, 3.8) is 0 Å². The fraction of sp³-hybridized carbons (Fsp3) is 0.455. The molecule has 1 aromatic rings. The minimum absolute atomic E-state index is 0.0404. The van der Waals surface area contributed by atoms with Crippen LogP contribution in [-0.2, 0) is 4.79 Å². The SMILES string of the molecule is CCN(CC(=O)N(C)C)c1nnccc1C#N. The highest BCUT2D eigenvalue weighted by atomic mass is 16.2. The molecular weight excluding hydrogens is 218 g/mol. The molecule has 0 saturated carbocycles. The summed E-state index contributed by atoms with van der Waals surface area (Å²) in [5.41, 5.74) is 0.424. The molecule has 0 fully saturated rings. The van der Waals surface area contributed by atoms with Gasteiger partial charge in [0.1, 0.15) is 6.07 Å². The van der Waals surface area contributed by atoms with Gasteiger partial charge in [0.15, 0.2) is 5.82 Å². The largest absolute Gasteiger partial charge is 0.347 e. The van der Waals surface area contributed by atoms with Gasteiger partial charge in [-0.25, -0.2) is 0 Å². The minimum Gasteiger partial charge on any atom is -0.347 e. The van der Waals surface area contributed by atoms with Crippen molar-refractivity contribution in [1.29, 1.82) is 5.26 Å². The van der Waals surface area contributed by atoms with Gasteiger partial charge in [-0.3, -0.25) is 4.79 Å². The van der Waals surface area contributed by atoms with E-state index in [-0.39, 0.29) is 12.5 Å². The van der Waals surface area contributed by atoms with Crippen LogP contribution in [0.15, 0.2) is 12.3 Å². The van der Waals surface area contributed by atoms with Gasteiger partial charge in [-0.2, -0.15) is 10.4 Å². The molecule has 0 radical (unpaired) electrons. The molecule has 1 rings (SSSR count). The third kappa shape index (κ3) is 3.14. The molecule has 0 N–H and O–H groups in total. The minimum atomic E-state index is -0.0404. The van der Waals surface area contributed by atoms with Gasteiger partial charge in [0.05, 0.1) is 18.3 Å². The molecule has 6 nitrogen and oxygen atoms in total. The Morgan fingerprint density at radius 3 is 2.76 bits per heavy atom. The first kappa shape index (κ1) is 12.9. The van der Waals surface area contributed by atoms with Crippen LogP contribution >= 0.6 is 0 Å². The number of hydrogen-bond donors (Lipinski definition) is 0. The van der Waals surface area contributed by atoms with E-state index in [1.54, 1.807) is 25.1 Å². The number of carbonyl (C=O) groups excluding carboxylic acids is 1. The zero-order chi connectivity index (χ0) is 12.8. The second-order valence-electron chi connectivity index (χ2n) is 3.68. The summed E-state index contributed by atoms with van der Waals surface area (Å²) in [6.07, 6.45) is 1.46. The number of anilines is 1. The van der Waals surface area contributed by atoms with Crippen molar-refractivity contribution >= 4 is 11.7 Å². The third-order valence-electron chi connectivity index (χ3n) is 2.33. The van der Waals surface area contributed by atoms with Crippen LogP contribution in [-0.4, -0.2) is 48.2 Å². The van der Waals surface area contributed by atoms with Crippen LogP contribution in [0.2, 0.25) is 0 Å². The Balaban J connectivity index is 2.95. The Kier molecular flexibility index (Phi) is 4.40. The van der Waals surface area contributed by atoms with Gasteiger partial charge in [0, 0.05) is 20.6 Å². The van der Waals surface area contributed by atoms with Gasteiger partial charge >= 0.3 is 0 Å². The molecule has 0 unspecified atom stereocenters. The lowest BCUT2D eigenvalue weighted by atomic mass is 10.3. The average molecular weight is 233 g/mol. The molecule has 0 aliphatic rings. The Morgan fingerprint density at radius 2 is 2.24 bits per heavy atom. The third-order valence-corrected chi connectivity index (χ3v) is 2.33. The first-order valence-corrected chi connectivity index (χ1v) is 5.27. The van der Waals surface area contributed by atoms with Crippen molar-refractivity contribution in [3.8, 4) is 6.07 Å². The zero-order valence-corrected chi connectivity index (χ0v) is 10.2. The van der Waals surface area contributed by atoms with Crippen LogP contribution < -0.4 is 4.90 Å². The average Bonchev–Trinajstić information content (AvgIpc) is 2.35. The molecule has 0 aliphatic heterocycles. The lowest BCUT2D eigenvalue weighted by molar-refractivity contribution is -0.127. The van der Waals surface area contributed by atoms with Crippen molar-refractivity contribution in [2.45, 2.75) is 6.92 Å². The fourth-order valence-corrected chi connectivity index (χ4v) is 1.29. The molecule has 0 spiro atoms. The van der Waals surface area contributed by atoms with Crippen molar-refractivity contribution < 1.29 is 4.79 Å². The summed E-state index contributed by atoms with van der Waals surface area (Å²) in [4.78, 5) is 14.9. The topological polar surface area (TPSA) is 73.1 Å². The number of hydrogen-bond acceptors (Lipinski definition) is 5. The van der Waals surface area contributed by atoms with E-state index in [2.05, 4.69) is 10.2 Å². The van der Waals surface area contributed by atoms with Crippen LogP contribution in [0.1, 0.15) is 12.5 Å². The van der Waals surface area contributed by atoms with Gasteiger partial charge in [-0.1, -0.05) is 0 Å². The van der Waals surface area contributed by atoms with Gasteiger partial charge < -0.3 is 9.80 Å². The summed E-state index contributed by atoms with van der Waals surface area (Å²) in [6, 6.07) is 3.63. The number of nitrogens with zero attached hydrogens (tertiary/aromatic N) is 5. The van der Waals surface area contributed by atoms with Crippen molar-refractivity contribution in [2.75, 3.05) is 32.1 Å². The summed E-state index contributed by atoms with van der Waals surface area (Å²) in [6.45, 7) is 2.68. The van der Waals surface area contributed by atoms with E-state index in [1.165, 1.54) is 11.1 Å². The maximum absolute atomic E-state index is 11.6. The molecule has 1 aromatic heterocycles. The lowest BCUT2D eigenvalue weighted by Crippen LogP contribution is -2.37. The molecule has 0 bridgehead atoms. The molecule has 1 amide bonds. The lowest BCUT2D eigenvalue weighted by Gasteiger charge is -2.23. The monoisotopic (exact) mass is 233 g/mol. The normalized spacial score (nSPS) is 9.53. The molecule has 17 heavy (non-hydrogen) atoms. The van der Waals surface area contributed by atoms with Gasteiger partial charge in [-0.05, 0) is 13.0 Å². The van der Waals surface area contributed by atoms with Crippen molar-refractivity contribution in [2.24, 2.45) is 0 Å². The van der Waals surface area contributed by atoms with E-state index in [4.69, 9.17) is 5.26 Å². The summed E-state index contributed by atoms with van der Waals surface area (Å²) in [5, 5.41) is 16.6. The van der Waals surface area contributed by atoms with Crippen LogP contribution in [0.5, 0.6) is 0 Å². The molecule has 0 atom stereocenters. The van der Waals surface area contributed by atoms with E-state index in [1.807, 2.05) is 13.0 Å². The predicted octanol–water partition coefficient (Wildman–Crippen LogP) is 0.263. The number of likely N-dealkylation sites (N-methyl/N-ethyl adjacent to an activating group) is 2. The molecule has 90 valence electrons. The standard InChI is InChI=1S/C11H15N5O/c1-4-16(8-10(17)15(2)3)11-9(7-12)5-6-13-14-11/h5-6H,4,8H2,1-3H3. The smallest absolute Gasteiger partial charge is 0.241 e. The fourth-order valence-electron chi connectivity index (χ4n) is 1.29. The molecule has 6 heteroatoms. The van der Waals surface area contributed by atoms with E-state index >= 15 is 0 Å². The predicted molar refractivity (Wildman–Crippen MR) is 63.3 cm³/mol. The highest BCUT2D eigenvalue weighted by Crippen LogP contribution is 2.14. The summed E-state index contributed by atoms with van der Waals surface area (Å²) in [5.74, 6) is 0.411. The second kappa shape index (κ2) is 5.80. The Labute approximate surface area is 100 Å². The highest BCUT2D eigenvalue weighted by molar-refractivity contribution is 5.81. The van der Waals surface area contributed by atoms with E-state index in [9.17, 15) is 4.79 Å². The number of rotatable bonds is 4. The summed E-state index contributed by atoms with van der Waals surface area (Å²) >= 11 is 0. The second-order valence-corrected chi connectivity index (χ2v) is 3.68. The highest BCUT2D eigenvalue weighted by Gasteiger charge is 2.16. The molecule has 0 aliphatic carbocycles. The number of aromatic nitrogens is 2. The maximum atomic E-state index is 11.6. The van der Waals surface area contributed by atoms with Crippen molar-refractivity contribution in [3.05, 3.63) is 17.8 Å². The van der Waals surface area contributed by atoms with Crippen LogP contribution in [0, 0.1) is 11.3 Å². The first-order valence-electron chi connectivity index (χ1n) is 5.27. The molecule has 1 heterocycles. The van der Waals surface area contributed by atoms with E-state index < -0.39 is 0 Å². The van der Waals surface area contributed by atoms with Crippen LogP contribution in [0.25, 0.3) is 0 Å². The Morgan fingerprint density at radius 1 is 1.53 bits per heavy atom. The molecular formula is C11H15N5O. The number of carbonyl (C=O) groups is 1. The molecule has 0 aromatic carbocycles. The number of nitriles is 1. The first-order chi connectivity index (χ1) is 8.10. The zero-order valence-electron chi connectivity index (χ0n) is 10.2. The van der Waals surface area contributed by atoms with Crippen LogP contribution in [0.3, 0.4) is 0 Å². The summed E-state index contributed by atoms with van der Waals surface area (Å²) < 4.78 is 0. The Hall–Kier alpha value is -2.16. The number of amides is 1. The maximum Gasteiger partial charge on any atom is 0.241 e. The summed E-state index contributed by atoms with van der Waals surface area (Å²) in [7, 11) is 3.39. The van der Waals surface area contributed by atoms with Gasteiger partial charge in [-0.15, -0.1) is 5.10 Å². The van der Waals surface area contributed by atoms with Gasteiger partial charge in [0.2, 0.25) is 5.91 Å². The van der Waals surface area contributed by atoms with Gasteiger partial charge in [0.25, 0.3) is 0 Å². The van der Waals surface area contributed by atoms with Crippen molar-refractivity contribution in [1.82, 2.24) is 15.1 Å². The van der Waals surface area contributed by atoms with E-state index in [0.717, 1.165) is 0 Å². The Bertz CT molecular complexity index is 438. The molecule has 0 saturated heterocycles. The quantitative estimate of drug-likeness (QED) is 0.746. The van der Waals surface area contributed by atoms with Crippen LogP contribution in [0.4, 0.5) is 5.82 Å². The van der Waals surface area contributed by atoms with E-state index in [0.29, 0.717) is 17.9 Å².